The SMILES string of the molecule is Cc1ccc(C(F)(F)F)c(-c2[nH]nc3ncccc23)n1. The first-order chi connectivity index (χ1) is 9.47. The van der Waals surface area contributed by atoms with Gasteiger partial charge in [0.05, 0.1) is 11.3 Å². The zero-order valence-electron chi connectivity index (χ0n) is 10.4. The summed E-state index contributed by atoms with van der Waals surface area (Å²) in [6.45, 7) is 1.64. The summed E-state index contributed by atoms with van der Waals surface area (Å²) >= 11 is 0. The minimum absolute atomic E-state index is 0.159. The van der Waals surface area contributed by atoms with Gasteiger partial charge in [-0.05, 0) is 31.2 Å². The van der Waals surface area contributed by atoms with E-state index in [1.807, 2.05) is 0 Å². The summed E-state index contributed by atoms with van der Waals surface area (Å²) < 4.78 is 39.2. The van der Waals surface area contributed by atoms with Crippen molar-refractivity contribution in [2.24, 2.45) is 0 Å². The molecule has 4 nitrogen and oxygen atoms in total. The van der Waals surface area contributed by atoms with Crippen LogP contribution in [0.1, 0.15) is 11.3 Å². The number of fused-ring (bicyclic) bond motifs is 1. The van der Waals surface area contributed by atoms with Crippen LogP contribution in [-0.2, 0) is 6.18 Å². The molecule has 7 heteroatoms. The third-order valence-corrected chi connectivity index (χ3v) is 2.91. The molecule has 0 amide bonds. The first-order valence-corrected chi connectivity index (χ1v) is 5.81. The predicted octanol–water partition coefficient (Wildman–Crippen LogP) is 3.35. The zero-order chi connectivity index (χ0) is 14.3. The average Bonchev–Trinajstić information content (AvgIpc) is 2.80. The van der Waals surface area contributed by atoms with E-state index in [9.17, 15) is 13.2 Å². The van der Waals surface area contributed by atoms with Crippen LogP contribution < -0.4 is 0 Å². The van der Waals surface area contributed by atoms with Crippen LogP contribution in [0.5, 0.6) is 0 Å². The number of aryl methyl sites for hydroxylation is 1. The van der Waals surface area contributed by atoms with Crippen LogP contribution in [0.4, 0.5) is 13.2 Å². The summed E-state index contributed by atoms with van der Waals surface area (Å²) in [5, 5.41) is 7.01. The summed E-state index contributed by atoms with van der Waals surface area (Å²) in [4.78, 5) is 8.00. The minimum Gasteiger partial charge on any atom is -0.273 e. The van der Waals surface area contributed by atoms with Crippen LogP contribution in [0.15, 0.2) is 30.5 Å². The van der Waals surface area contributed by atoms with Gasteiger partial charge in [0.25, 0.3) is 0 Å². The number of nitrogens with one attached hydrogen (secondary N) is 1. The van der Waals surface area contributed by atoms with Gasteiger partial charge in [-0.15, -0.1) is 0 Å². The maximum atomic E-state index is 13.1. The fourth-order valence-corrected chi connectivity index (χ4v) is 2.01. The maximum absolute atomic E-state index is 13.1. The van der Waals surface area contributed by atoms with Gasteiger partial charge in [-0.1, -0.05) is 0 Å². The highest BCUT2D eigenvalue weighted by atomic mass is 19.4. The van der Waals surface area contributed by atoms with Crippen LogP contribution in [0, 0.1) is 6.92 Å². The molecule has 0 aromatic carbocycles. The lowest BCUT2D eigenvalue weighted by atomic mass is 10.1. The molecule has 0 spiro atoms. The molecule has 3 heterocycles. The van der Waals surface area contributed by atoms with E-state index in [0.717, 1.165) is 6.07 Å². The van der Waals surface area contributed by atoms with Crippen LogP contribution in [0.2, 0.25) is 0 Å². The number of hydrogen-bond acceptors (Lipinski definition) is 3. The molecule has 0 aliphatic heterocycles. The van der Waals surface area contributed by atoms with Gasteiger partial charge in [0.1, 0.15) is 5.69 Å². The molecule has 0 bridgehead atoms. The summed E-state index contributed by atoms with van der Waals surface area (Å²) in [6.07, 6.45) is -2.95. The first kappa shape index (κ1) is 12.6. The molecule has 0 aliphatic rings. The Morgan fingerprint density at radius 1 is 1.15 bits per heavy atom. The summed E-state index contributed by atoms with van der Waals surface area (Å²) in [6, 6.07) is 5.67. The van der Waals surface area contributed by atoms with Crippen LogP contribution in [0.25, 0.3) is 22.4 Å². The fourth-order valence-electron chi connectivity index (χ4n) is 2.01. The van der Waals surface area contributed by atoms with Crippen molar-refractivity contribution in [2.45, 2.75) is 13.1 Å². The highest BCUT2D eigenvalue weighted by molar-refractivity contribution is 5.90. The Labute approximate surface area is 111 Å². The van der Waals surface area contributed by atoms with Gasteiger partial charge < -0.3 is 0 Å². The van der Waals surface area contributed by atoms with Gasteiger partial charge in [0.2, 0.25) is 0 Å². The highest BCUT2D eigenvalue weighted by Crippen LogP contribution is 2.37. The Morgan fingerprint density at radius 2 is 1.95 bits per heavy atom. The second-order valence-corrected chi connectivity index (χ2v) is 4.32. The zero-order valence-corrected chi connectivity index (χ0v) is 10.4. The lowest BCUT2D eigenvalue weighted by molar-refractivity contribution is -0.137. The standard InChI is InChI=1S/C13H9F3N4/c1-7-4-5-9(13(14,15)16)11(18-7)10-8-3-2-6-17-12(8)20-19-10/h2-6H,1H3,(H,17,19,20). The van der Waals surface area contributed by atoms with E-state index in [1.54, 1.807) is 19.1 Å². The molecule has 102 valence electrons. The molecular formula is C13H9F3N4. The Balaban J connectivity index is 2.31. The number of alkyl halides is 3. The molecule has 0 aliphatic carbocycles. The van der Waals surface area contributed by atoms with Crippen molar-refractivity contribution in [1.29, 1.82) is 0 Å². The number of pyridine rings is 2. The molecule has 3 aromatic heterocycles. The Bertz CT molecular complexity index is 777. The quantitative estimate of drug-likeness (QED) is 0.742. The van der Waals surface area contributed by atoms with Crippen LogP contribution in [-0.4, -0.2) is 20.2 Å². The summed E-state index contributed by atoms with van der Waals surface area (Å²) in [5.41, 5.74) is 0.133. The van der Waals surface area contributed by atoms with Crippen LogP contribution in [0.3, 0.4) is 0 Å². The highest BCUT2D eigenvalue weighted by Gasteiger charge is 2.35. The minimum atomic E-state index is -4.48. The lowest BCUT2D eigenvalue weighted by Gasteiger charge is -2.11. The smallest absolute Gasteiger partial charge is 0.273 e. The predicted molar refractivity (Wildman–Crippen MR) is 66.9 cm³/mol. The fraction of sp³-hybridized carbons (Fsp3) is 0.154. The number of rotatable bonds is 1. The van der Waals surface area contributed by atoms with Crippen molar-refractivity contribution in [3.8, 4) is 11.4 Å². The van der Waals surface area contributed by atoms with Gasteiger partial charge in [0, 0.05) is 17.3 Å². The molecule has 0 fully saturated rings. The van der Waals surface area contributed by atoms with Gasteiger partial charge in [-0.25, -0.2) is 4.98 Å². The van der Waals surface area contributed by atoms with Crippen molar-refractivity contribution >= 4 is 11.0 Å². The Kier molecular flexibility index (Phi) is 2.70. The van der Waals surface area contributed by atoms with Gasteiger partial charge in [0.15, 0.2) is 5.65 Å². The number of nitrogens with zero attached hydrogens (tertiary/aromatic N) is 3. The van der Waals surface area contributed by atoms with E-state index < -0.39 is 11.7 Å². The van der Waals surface area contributed by atoms with Gasteiger partial charge in [-0.3, -0.25) is 10.1 Å². The number of aromatic amines is 1. The van der Waals surface area contributed by atoms with E-state index in [4.69, 9.17) is 0 Å². The van der Waals surface area contributed by atoms with Crippen molar-refractivity contribution in [3.05, 3.63) is 41.7 Å². The van der Waals surface area contributed by atoms with E-state index in [-0.39, 0.29) is 11.4 Å². The van der Waals surface area contributed by atoms with Crippen molar-refractivity contribution in [2.75, 3.05) is 0 Å². The Morgan fingerprint density at radius 3 is 2.70 bits per heavy atom. The summed E-state index contributed by atoms with van der Waals surface area (Å²) in [5.74, 6) is 0. The molecule has 0 unspecified atom stereocenters. The molecule has 0 saturated heterocycles. The van der Waals surface area contributed by atoms with Gasteiger partial charge >= 0.3 is 6.18 Å². The third-order valence-electron chi connectivity index (χ3n) is 2.91. The van der Waals surface area contributed by atoms with E-state index in [2.05, 4.69) is 20.2 Å². The average molecular weight is 278 g/mol. The molecule has 3 aromatic rings. The van der Waals surface area contributed by atoms with E-state index in [1.165, 1.54) is 12.3 Å². The van der Waals surface area contributed by atoms with E-state index >= 15 is 0 Å². The van der Waals surface area contributed by atoms with Gasteiger partial charge in [-0.2, -0.15) is 18.3 Å². The third kappa shape index (κ3) is 2.01. The first-order valence-electron chi connectivity index (χ1n) is 5.81. The molecule has 1 N–H and O–H groups in total. The second kappa shape index (κ2) is 4.29. The molecule has 20 heavy (non-hydrogen) atoms. The number of halogens is 3. The number of H-pyrrole nitrogens is 1. The largest absolute Gasteiger partial charge is 0.418 e. The van der Waals surface area contributed by atoms with Crippen molar-refractivity contribution in [3.63, 3.8) is 0 Å². The summed E-state index contributed by atoms with van der Waals surface area (Å²) in [7, 11) is 0. The van der Waals surface area contributed by atoms with Crippen molar-refractivity contribution < 1.29 is 13.2 Å². The number of hydrogen-bond donors (Lipinski definition) is 1. The topological polar surface area (TPSA) is 54.5 Å². The number of aromatic nitrogens is 4. The van der Waals surface area contributed by atoms with Crippen molar-refractivity contribution in [1.82, 2.24) is 20.2 Å². The molecular weight excluding hydrogens is 269 g/mol. The monoisotopic (exact) mass is 278 g/mol. The molecule has 0 saturated carbocycles. The lowest BCUT2D eigenvalue weighted by Crippen LogP contribution is -2.09. The molecule has 3 rings (SSSR count). The molecule has 0 radical (unpaired) electrons. The normalized spacial score (nSPS) is 12.0. The Hall–Kier alpha value is -2.44. The molecule has 0 atom stereocenters. The van der Waals surface area contributed by atoms with E-state index in [0.29, 0.717) is 16.7 Å². The maximum Gasteiger partial charge on any atom is 0.418 e. The second-order valence-electron chi connectivity index (χ2n) is 4.32. The van der Waals surface area contributed by atoms with Crippen LogP contribution >= 0.6 is 0 Å².